The molecule has 2 aliphatic heterocycles. The molecule has 6 rings (SSSR count). The van der Waals surface area contributed by atoms with Crippen LogP contribution in [-0.2, 0) is 6.54 Å². The molecule has 1 atom stereocenters. The van der Waals surface area contributed by atoms with Gasteiger partial charge in [0.2, 0.25) is 5.88 Å². The van der Waals surface area contributed by atoms with Crippen LogP contribution >= 0.6 is 0 Å². The quantitative estimate of drug-likeness (QED) is 0.558. The van der Waals surface area contributed by atoms with Crippen LogP contribution < -0.4 is 15.8 Å². The molecule has 0 radical (unpaired) electrons. The van der Waals surface area contributed by atoms with Crippen LogP contribution in [0.15, 0.2) is 47.6 Å². The standard InChI is InChI=1S/C29H38N6O2/c30-27-32-24-17-31-26(37-23-12-6-2-7-13-23)16-22(24)18-35(27)25(21-10-4-1-5-11-21)19-34-20-29(33-28(34)36)14-8-3-9-15-29/h2,6-7,12-13,16-17,21,25H,1,3-5,8-11,14-15,18-20H2,(H2,30,32)(H,33,36). The van der Waals surface area contributed by atoms with E-state index in [2.05, 4.69) is 20.1 Å². The fraction of sp³-hybridized carbons (Fsp3) is 0.552. The Morgan fingerprint density at radius 1 is 1.08 bits per heavy atom. The van der Waals surface area contributed by atoms with Crippen LogP contribution in [0.2, 0.25) is 0 Å². The normalized spacial score (nSPS) is 22.4. The van der Waals surface area contributed by atoms with Gasteiger partial charge in [-0.25, -0.2) is 14.8 Å². The third-order valence-corrected chi connectivity index (χ3v) is 8.74. The molecule has 3 N–H and O–H groups in total. The van der Waals surface area contributed by atoms with Gasteiger partial charge in [0.05, 0.1) is 23.5 Å². The first-order chi connectivity index (χ1) is 18.1. The second-order valence-electron chi connectivity index (χ2n) is 11.3. The molecular weight excluding hydrogens is 464 g/mol. The van der Waals surface area contributed by atoms with Crippen molar-refractivity contribution in [3.63, 3.8) is 0 Å². The molecule has 196 valence electrons. The highest BCUT2D eigenvalue weighted by Gasteiger charge is 2.45. The Morgan fingerprint density at radius 3 is 2.62 bits per heavy atom. The Kier molecular flexibility index (Phi) is 6.65. The number of rotatable bonds is 6. The molecule has 0 bridgehead atoms. The minimum absolute atomic E-state index is 0.0457. The summed E-state index contributed by atoms with van der Waals surface area (Å²) in [5, 5.41) is 3.37. The van der Waals surface area contributed by atoms with E-state index in [-0.39, 0.29) is 17.6 Å². The fourth-order valence-corrected chi connectivity index (χ4v) is 6.79. The van der Waals surface area contributed by atoms with Gasteiger partial charge < -0.3 is 25.6 Å². The van der Waals surface area contributed by atoms with E-state index in [4.69, 9.17) is 15.5 Å². The number of ether oxygens (including phenoxy) is 1. The van der Waals surface area contributed by atoms with Crippen molar-refractivity contribution < 1.29 is 9.53 Å². The monoisotopic (exact) mass is 502 g/mol. The summed E-state index contributed by atoms with van der Waals surface area (Å²) in [6, 6.07) is 11.9. The molecule has 1 aromatic carbocycles. The van der Waals surface area contributed by atoms with Crippen molar-refractivity contribution in [2.24, 2.45) is 16.6 Å². The van der Waals surface area contributed by atoms with Crippen molar-refractivity contribution in [2.45, 2.75) is 82.3 Å². The minimum Gasteiger partial charge on any atom is -0.439 e. The number of para-hydroxylation sites is 1. The zero-order valence-electron chi connectivity index (χ0n) is 21.6. The number of fused-ring (bicyclic) bond motifs is 1. The lowest BCUT2D eigenvalue weighted by atomic mass is 9.81. The Hall–Kier alpha value is -3.29. The molecular formula is C29H38N6O2. The maximum absolute atomic E-state index is 13.2. The Morgan fingerprint density at radius 2 is 1.84 bits per heavy atom. The van der Waals surface area contributed by atoms with Crippen LogP contribution in [0.5, 0.6) is 11.6 Å². The molecule has 1 spiro atoms. The first-order valence-corrected chi connectivity index (χ1v) is 14.0. The molecule has 37 heavy (non-hydrogen) atoms. The minimum atomic E-state index is -0.0457. The first-order valence-electron chi connectivity index (χ1n) is 14.0. The number of benzene rings is 1. The third kappa shape index (κ3) is 5.11. The summed E-state index contributed by atoms with van der Waals surface area (Å²) in [5.41, 5.74) is 8.40. The van der Waals surface area contributed by atoms with Gasteiger partial charge in [-0.1, -0.05) is 56.7 Å². The lowest BCUT2D eigenvalue weighted by Crippen LogP contribution is -2.54. The molecule has 3 fully saturated rings. The van der Waals surface area contributed by atoms with Crippen molar-refractivity contribution >= 4 is 17.7 Å². The average molecular weight is 503 g/mol. The van der Waals surface area contributed by atoms with Crippen molar-refractivity contribution in [3.8, 4) is 11.6 Å². The van der Waals surface area contributed by atoms with Gasteiger partial charge in [-0.05, 0) is 43.7 Å². The number of hydrogen-bond acceptors (Lipinski definition) is 6. The molecule has 2 saturated carbocycles. The number of aromatic nitrogens is 1. The van der Waals surface area contributed by atoms with E-state index in [1.54, 1.807) is 6.20 Å². The summed E-state index contributed by atoms with van der Waals surface area (Å²) in [4.78, 5) is 26.7. The van der Waals surface area contributed by atoms with E-state index < -0.39 is 0 Å². The van der Waals surface area contributed by atoms with E-state index in [1.165, 1.54) is 51.4 Å². The largest absolute Gasteiger partial charge is 0.439 e. The van der Waals surface area contributed by atoms with Gasteiger partial charge in [0.25, 0.3) is 0 Å². The molecule has 1 aromatic heterocycles. The van der Waals surface area contributed by atoms with E-state index in [0.717, 1.165) is 36.4 Å². The lowest BCUT2D eigenvalue weighted by Gasteiger charge is -2.42. The van der Waals surface area contributed by atoms with E-state index >= 15 is 0 Å². The number of hydrogen-bond donors (Lipinski definition) is 2. The van der Waals surface area contributed by atoms with Crippen LogP contribution in [0, 0.1) is 5.92 Å². The van der Waals surface area contributed by atoms with E-state index in [0.29, 0.717) is 30.8 Å². The van der Waals surface area contributed by atoms with Crippen LogP contribution in [0.3, 0.4) is 0 Å². The number of aliphatic imine (C=N–C) groups is 1. The summed E-state index contributed by atoms with van der Waals surface area (Å²) >= 11 is 0. The first kappa shape index (κ1) is 24.1. The Balaban J connectivity index is 1.24. The highest BCUT2D eigenvalue weighted by Crippen LogP contribution is 2.37. The van der Waals surface area contributed by atoms with Crippen LogP contribution in [0.1, 0.15) is 69.8 Å². The van der Waals surface area contributed by atoms with Crippen LogP contribution in [0.4, 0.5) is 10.5 Å². The number of urea groups is 1. The lowest BCUT2D eigenvalue weighted by molar-refractivity contribution is 0.131. The van der Waals surface area contributed by atoms with Crippen molar-refractivity contribution in [2.75, 3.05) is 13.1 Å². The van der Waals surface area contributed by atoms with Gasteiger partial charge in [-0.2, -0.15) is 0 Å². The predicted molar refractivity (Wildman–Crippen MR) is 144 cm³/mol. The average Bonchev–Trinajstić information content (AvgIpc) is 3.22. The number of nitrogens with one attached hydrogen (secondary N) is 1. The number of pyridine rings is 1. The van der Waals surface area contributed by atoms with Crippen LogP contribution in [-0.4, -0.2) is 51.4 Å². The Bertz CT molecular complexity index is 1140. The van der Waals surface area contributed by atoms with Gasteiger partial charge in [0, 0.05) is 31.3 Å². The van der Waals surface area contributed by atoms with Gasteiger partial charge in [0.1, 0.15) is 5.75 Å². The molecule has 4 aliphatic rings. The summed E-state index contributed by atoms with van der Waals surface area (Å²) in [5.74, 6) is 2.31. The number of carbonyl (C=O) groups excluding carboxylic acids is 1. The topological polar surface area (TPSA) is 96.1 Å². The van der Waals surface area contributed by atoms with Crippen LogP contribution in [0.25, 0.3) is 0 Å². The zero-order chi connectivity index (χ0) is 25.2. The molecule has 8 nitrogen and oxygen atoms in total. The molecule has 2 aromatic rings. The fourth-order valence-electron chi connectivity index (χ4n) is 6.79. The Labute approximate surface area is 219 Å². The summed E-state index contributed by atoms with van der Waals surface area (Å²) in [6.45, 7) is 2.12. The number of guanidine groups is 1. The second-order valence-corrected chi connectivity index (χ2v) is 11.3. The van der Waals surface area contributed by atoms with Gasteiger partial charge in [0.15, 0.2) is 5.96 Å². The van der Waals surface area contributed by atoms with Crippen molar-refractivity contribution in [1.29, 1.82) is 0 Å². The summed E-state index contributed by atoms with van der Waals surface area (Å²) < 4.78 is 6.00. The SMILES string of the molecule is NC1=Nc2cnc(Oc3ccccc3)cc2CN1C(CN1CC2(CCCCC2)NC1=O)C1CCCCC1. The maximum atomic E-state index is 13.2. The molecule has 3 heterocycles. The number of nitrogens with two attached hydrogens (primary N) is 1. The zero-order valence-corrected chi connectivity index (χ0v) is 21.6. The molecule has 1 unspecified atom stereocenters. The van der Waals surface area contributed by atoms with Gasteiger partial charge >= 0.3 is 6.03 Å². The van der Waals surface area contributed by atoms with Crippen molar-refractivity contribution in [3.05, 3.63) is 48.2 Å². The van der Waals surface area contributed by atoms with E-state index in [1.807, 2.05) is 36.4 Å². The summed E-state index contributed by atoms with van der Waals surface area (Å²) in [7, 11) is 0. The number of amides is 2. The van der Waals surface area contributed by atoms with Gasteiger partial charge in [-0.3, -0.25) is 0 Å². The maximum Gasteiger partial charge on any atom is 0.318 e. The highest BCUT2D eigenvalue weighted by molar-refractivity contribution is 5.84. The third-order valence-electron chi connectivity index (χ3n) is 8.74. The second kappa shape index (κ2) is 10.2. The number of nitrogens with zero attached hydrogens (tertiary/aromatic N) is 4. The summed E-state index contributed by atoms with van der Waals surface area (Å²) in [6.07, 6.45) is 13.7. The predicted octanol–water partition coefficient (Wildman–Crippen LogP) is 5.31. The molecule has 1 saturated heterocycles. The molecule has 8 heteroatoms. The van der Waals surface area contributed by atoms with Crippen molar-refractivity contribution in [1.82, 2.24) is 20.1 Å². The smallest absolute Gasteiger partial charge is 0.318 e. The van der Waals surface area contributed by atoms with E-state index in [9.17, 15) is 4.79 Å². The molecule has 2 amide bonds. The number of carbonyl (C=O) groups is 1. The highest BCUT2D eigenvalue weighted by atomic mass is 16.5. The van der Waals surface area contributed by atoms with Gasteiger partial charge in [-0.15, -0.1) is 0 Å². The molecule has 2 aliphatic carbocycles.